The molecule has 0 amide bonds. The molecule has 0 saturated heterocycles. The molecule has 0 aliphatic heterocycles. The van der Waals surface area contributed by atoms with Crippen LogP contribution in [-0.4, -0.2) is 36.6 Å². The van der Waals surface area contributed by atoms with Crippen molar-refractivity contribution in [3.8, 4) is 6.07 Å². The van der Waals surface area contributed by atoms with E-state index in [-0.39, 0.29) is 6.04 Å². The van der Waals surface area contributed by atoms with Gasteiger partial charge in [0.2, 0.25) is 0 Å². The van der Waals surface area contributed by atoms with Gasteiger partial charge < -0.3 is 10.2 Å². The second-order valence-electron chi connectivity index (χ2n) is 5.00. The molecule has 98 valence electrons. The maximum atomic E-state index is 9.23. The van der Waals surface area contributed by atoms with Crippen LogP contribution < -0.4 is 5.32 Å². The van der Waals surface area contributed by atoms with Crippen molar-refractivity contribution in [2.24, 2.45) is 0 Å². The van der Waals surface area contributed by atoms with Crippen LogP contribution in [0.5, 0.6) is 0 Å². The summed E-state index contributed by atoms with van der Waals surface area (Å²) in [4.78, 5) is 6.64. The summed E-state index contributed by atoms with van der Waals surface area (Å²) in [5.74, 6) is 0.663. The fourth-order valence-corrected chi connectivity index (χ4v) is 2.14. The van der Waals surface area contributed by atoms with E-state index < -0.39 is 0 Å². The Bertz CT molecular complexity index is 613. The van der Waals surface area contributed by atoms with Crippen LogP contribution in [-0.2, 0) is 0 Å². The van der Waals surface area contributed by atoms with E-state index in [0.717, 1.165) is 17.4 Å². The Hall–Kier alpha value is -2.12. The SMILES string of the molecule is CC(CN(C)C)Nc1nc2ccccc2cc1C#N. The lowest BCUT2D eigenvalue weighted by atomic mass is 10.1. The van der Waals surface area contributed by atoms with Crippen molar-refractivity contribution >= 4 is 16.7 Å². The van der Waals surface area contributed by atoms with E-state index in [4.69, 9.17) is 0 Å². The van der Waals surface area contributed by atoms with Gasteiger partial charge in [-0.25, -0.2) is 4.98 Å². The Labute approximate surface area is 113 Å². The van der Waals surface area contributed by atoms with Gasteiger partial charge in [0.15, 0.2) is 0 Å². The third-order valence-corrected chi connectivity index (χ3v) is 2.87. The smallest absolute Gasteiger partial charge is 0.144 e. The molecule has 1 aromatic heterocycles. The zero-order valence-electron chi connectivity index (χ0n) is 11.5. The summed E-state index contributed by atoms with van der Waals surface area (Å²) in [6.07, 6.45) is 0. The van der Waals surface area contributed by atoms with Gasteiger partial charge in [-0.05, 0) is 33.2 Å². The van der Waals surface area contributed by atoms with Gasteiger partial charge in [0.1, 0.15) is 11.9 Å². The number of para-hydroxylation sites is 1. The highest BCUT2D eigenvalue weighted by Gasteiger charge is 2.10. The van der Waals surface area contributed by atoms with E-state index in [1.165, 1.54) is 0 Å². The van der Waals surface area contributed by atoms with Gasteiger partial charge in [-0.15, -0.1) is 0 Å². The first kappa shape index (κ1) is 13.3. The number of nitriles is 1. The van der Waals surface area contributed by atoms with Crippen LogP contribution >= 0.6 is 0 Å². The van der Waals surface area contributed by atoms with Crippen LogP contribution in [0.2, 0.25) is 0 Å². The zero-order chi connectivity index (χ0) is 13.8. The number of nitrogens with zero attached hydrogens (tertiary/aromatic N) is 3. The average Bonchev–Trinajstić information content (AvgIpc) is 2.36. The Morgan fingerprint density at radius 1 is 1.37 bits per heavy atom. The molecular weight excluding hydrogens is 236 g/mol. The molecule has 2 rings (SSSR count). The largest absolute Gasteiger partial charge is 0.365 e. The summed E-state index contributed by atoms with van der Waals surface area (Å²) in [6, 6.07) is 12.2. The van der Waals surface area contributed by atoms with Gasteiger partial charge in [0.05, 0.1) is 11.1 Å². The molecule has 19 heavy (non-hydrogen) atoms. The Morgan fingerprint density at radius 3 is 2.79 bits per heavy atom. The van der Waals surface area contributed by atoms with E-state index in [1.807, 2.05) is 44.4 Å². The van der Waals surface area contributed by atoms with Gasteiger partial charge in [-0.1, -0.05) is 18.2 Å². The number of pyridine rings is 1. The van der Waals surface area contributed by atoms with Crippen molar-refractivity contribution < 1.29 is 0 Å². The standard InChI is InChI=1S/C15H18N4/c1-11(10-19(2)3)17-15-13(9-16)8-12-6-4-5-7-14(12)18-15/h4-8,11H,10H2,1-3H3,(H,17,18). The van der Waals surface area contributed by atoms with Crippen LogP contribution in [0.25, 0.3) is 10.9 Å². The predicted molar refractivity (Wildman–Crippen MR) is 78.1 cm³/mol. The third kappa shape index (κ3) is 3.21. The second kappa shape index (κ2) is 5.68. The second-order valence-corrected chi connectivity index (χ2v) is 5.00. The Kier molecular flexibility index (Phi) is 3.98. The van der Waals surface area contributed by atoms with Gasteiger partial charge in [-0.3, -0.25) is 0 Å². The third-order valence-electron chi connectivity index (χ3n) is 2.87. The molecule has 4 heteroatoms. The maximum Gasteiger partial charge on any atom is 0.144 e. The van der Waals surface area contributed by atoms with E-state index in [9.17, 15) is 5.26 Å². The van der Waals surface area contributed by atoms with Crippen LogP contribution in [0.1, 0.15) is 12.5 Å². The van der Waals surface area contributed by atoms with E-state index in [2.05, 4.69) is 28.2 Å². The molecule has 2 aromatic rings. The first-order chi connectivity index (χ1) is 9.10. The molecule has 0 aliphatic rings. The molecule has 1 aromatic carbocycles. The first-order valence-corrected chi connectivity index (χ1v) is 6.31. The van der Waals surface area contributed by atoms with Crippen LogP contribution in [0, 0.1) is 11.3 Å². The minimum atomic E-state index is 0.232. The fraction of sp³-hybridized carbons (Fsp3) is 0.333. The maximum absolute atomic E-state index is 9.23. The first-order valence-electron chi connectivity index (χ1n) is 6.31. The predicted octanol–water partition coefficient (Wildman–Crippen LogP) is 2.47. The normalized spacial score (nSPS) is 12.4. The number of rotatable bonds is 4. The van der Waals surface area contributed by atoms with E-state index in [0.29, 0.717) is 11.4 Å². The zero-order valence-corrected chi connectivity index (χ0v) is 11.5. The number of aromatic nitrogens is 1. The molecule has 0 fully saturated rings. The lowest BCUT2D eigenvalue weighted by molar-refractivity contribution is 0.392. The fourth-order valence-electron chi connectivity index (χ4n) is 2.14. The van der Waals surface area contributed by atoms with Gasteiger partial charge in [0, 0.05) is 18.0 Å². The highest BCUT2D eigenvalue weighted by atomic mass is 15.1. The molecule has 1 atom stereocenters. The molecule has 0 saturated carbocycles. The van der Waals surface area contributed by atoms with Crippen molar-refractivity contribution in [2.75, 3.05) is 26.0 Å². The summed E-state index contributed by atoms with van der Waals surface area (Å²) < 4.78 is 0. The lowest BCUT2D eigenvalue weighted by Gasteiger charge is -2.19. The molecular formula is C15H18N4. The Balaban J connectivity index is 2.34. The Morgan fingerprint density at radius 2 is 2.11 bits per heavy atom. The van der Waals surface area contributed by atoms with Crippen molar-refractivity contribution in [2.45, 2.75) is 13.0 Å². The van der Waals surface area contributed by atoms with Crippen LogP contribution in [0.3, 0.4) is 0 Å². The topological polar surface area (TPSA) is 52.0 Å². The van der Waals surface area contributed by atoms with Crippen molar-refractivity contribution in [3.05, 3.63) is 35.9 Å². The molecule has 1 N–H and O–H groups in total. The summed E-state index contributed by atoms with van der Waals surface area (Å²) in [7, 11) is 4.05. The molecule has 0 spiro atoms. The minimum absolute atomic E-state index is 0.232. The number of hydrogen-bond donors (Lipinski definition) is 1. The summed E-state index contributed by atoms with van der Waals surface area (Å²) in [6.45, 7) is 2.97. The number of likely N-dealkylation sites (N-methyl/N-ethyl adjacent to an activating group) is 1. The molecule has 0 aliphatic carbocycles. The lowest BCUT2D eigenvalue weighted by Crippen LogP contribution is -2.30. The van der Waals surface area contributed by atoms with Gasteiger partial charge in [0.25, 0.3) is 0 Å². The number of benzene rings is 1. The van der Waals surface area contributed by atoms with E-state index in [1.54, 1.807) is 0 Å². The summed E-state index contributed by atoms with van der Waals surface area (Å²) in [5.41, 5.74) is 1.49. The highest BCUT2D eigenvalue weighted by Crippen LogP contribution is 2.20. The van der Waals surface area contributed by atoms with Crippen LogP contribution in [0.15, 0.2) is 30.3 Å². The highest BCUT2D eigenvalue weighted by molar-refractivity contribution is 5.82. The van der Waals surface area contributed by atoms with Gasteiger partial charge >= 0.3 is 0 Å². The molecule has 4 nitrogen and oxygen atoms in total. The summed E-state index contributed by atoms with van der Waals surface area (Å²) in [5, 5.41) is 13.5. The molecule has 1 unspecified atom stereocenters. The number of hydrogen-bond acceptors (Lipinski definition) is 4. The molecule has 0 radical (unpaired) electrons. The van der Waals surface area contributed by atoms with E-state index >= 15 is 0 Å². The van der Waals surface area contributed by atoms with Crippen molar-refractivity contribution in [1.82, 2.24) is 9.88 Å². The quantitative estimate of drug-likeness (QED) is 0.910. The van der Waals surface area contributed by atoms with Crippen LogP contribution in [0.4, 0.5) is 5.82 Å². The number of anilines is 1. The van der Waals surface area contributed by atoms with Crippen molar-refractivity contribution in [3.63, 3.8) is 0 Å². The molecule has 1 heterocycles. The molecule has 0 bridgehead atoms. The summed E-state index contributed by atoms with van der Waals surface area (Å²) >= 11 is 0. The number of nitrogens with one attached hydrogen (secondary N) is 1. The average molecular weight is 254 g/mol. The van der Waals surface area contributed by atoms with Gasteiger partial charge in [-0.2, -0.15) is 5.26 Å². The number of fused-ring (bicyclic) bond motifs is 1. The van der Waals surface area contributed by atoms with Crippen molar-refractivity contribution in [1.29, 1.82) is 5.26 Å². The minimum Gasteiger partial charge on any atom is -0.365 e. The monoisotopic (exact) mass is 254 g/mol.